The Hall–Kier alpha value is -1.23. The van der Waals surface area contributed by atoms with Crippen LogP contribution in [0.2, 0.25) is 0 Å². The molecule has 5 heteroatoms. The van der Waals surface area contributed by atoms with Crippen molar-refractivity contribution < 1.29 is 0 Å². The van der Waals surface area contributed by atoms with Gasteiger partial charge in [0.05, 0.1) is 5.69 Å². The van der Waals surface area contributed by atoms with Crippen molar-refractivity contribution in [3.8, 4) is 0 Å². The summed E-state index contributed by atoms with van der Waals surface area (Å²) in [5.74, 6) is 4.28. The summed E-state index contributed by atoms with van der Waals surface area (Å²) in [4.78, 5) is 4.48. The third-order valence-electron chi connectivity index (χ3n) is 3.74. The first-order valence-corrected chi connectivity index (χ1v) is 8.36. The van der Waals surface area contributed by atoms with Gasteiger partial charge in [-0.25, -0.2) is 9.50 Å². The lowest BCUT2D eigenvalue weighted by molar-refractivity contribution is 0.562. The summed E-state index contributed by atoms with van der Waals surface area (Å²) in [5.41, 5.74) is 2.24. The molecule has 1 N–H and O–H groups in total. The summed E-state index contributed by atoms with van der Waals surface area (Å²) in [6, 6.07) is 2.15. The average molecular weight is 290 g/mol. The lowest BCUT2D eigenvalue weighted by Crippen LogP contribution is -2.14. The number of aromatic nitrogens is 3. The quantitative estimate of drug-likeness (QED) is 0.942. The molecular formula is C15H22N4S. The highest BCUT2D eigenvalue weighted by molar-refractivity contribution is 7.99. The fraction of sp³-hybridized carbons (Fsp3) is 0.600. The van der Waals surface area contributed by atoms with E-state index in [-0.39, 0.29) is 5.41 Å². The van der Waals surface area contributed by atoms with Crippen LogP contribution in [0.4, 0.5) is 5.82 Å². The van der Waals surface area contributed by atoms with Gasteiger partial charge in [-0.1, -0.05) is 20.8 Å². The minimum atomic E-state index is 0.0609. The number of anilines is 1. The highest BCUT2D eigenvalue weighted by Crippen LogP contribution is 2.26. The third-order valence-corrected chi connectivity index (χ3v) is 4.97. The Morgan fingerprint density at radius 1 is 1.45 bits per heavy atom. The van der Waals surface area contributed by atoms with Gasteiger partial charge < -0.3 is 5.32 Å². The van der Waals surface area contributed by atoms with Crippen molar-refractivity contribution in [2.45, 2.75) is 32.6 Å². The number of hydrogen-bond donors (Lipinski definition) is 1. The predicted octanol–water partition coefficient (Wildman–Crippen LogP) is 3.19. The van der Waals surface area contributed by atoms with E-state index in [0.717, 1.165) is 29.5 Å². The lowest BCUT2D eigenvalue weighted by atomic mass is 9.92. The predicted molar refractivity (Wildman–Crippen MR) is 85.6 cm³/mol. The second kappa shape index (κ2) is 5.28. The highest BCUT2D eigenvalue weighted by Gasteiger charge is 2.20. The summed E-state index contributed by atoms with van der Waals surface area (Å²) >= 11 is 2.05. The van der Waals surface area contributed by atoms with Crippen LogP contribution in [-0.2, 0) is 5.41 Å². The van der Waals surface area contributed by atoms with Crippen LogP contribution < -0.4 is 5.32 Å². The molecule has 0 radical (unpaired) electrons. The Labute approximate surface area is 124 Å². The Bertz CT molecular complexity index is 593. The minimum absolute atomic E-state index is 0.0609. The molecule has 1 aliphatic rings. The molecule has 20 heavy (non-hydrogen) atoms. The molecule has 108 valence electrons. The monoisotopic (exact) mass is 290 g/mol. The maximum Gasteiger partial charge on any atom is 0.152 e. The van der Waals surface area contributed by atoms with E-state index in [1.165, 1.54) is 17.9 Å². The van der Waals surface area contributed by atoms with Gasteiger partial charge in [-0.15, -0.1) is 0 Å². The van der Waals surface area contributed by atoms with Crippen molar-refractivity contribution >= 4 is 23.1 Å². The fourth-order valence-corrected chi connectivity index (χ4v) is 3.69. The molecule has 2 aromatic heterocycles. The van der Waals surface area contributed by atoms with Gasteiger partial charge in [0, 0.05) is 24.4 Å². The zero-order valence-electron chi connectivity index (χ0n) is 12.4. The average Bonchev–Trinajstić information content (AvgIpc) is 3.04. The lowest BCUT2D eigenvalue weighted by Gasteiger charge is -2.13. The van der Waals surface area contributed by atoms with Crippen LogP contribution in [0.15, 0.2) is 18.5 Å². The molecule has 4 nitrogen and oxygen atoms in total. The molecule has 1 atom stereocenters. The van der Waals surface area contributed by atoms with Crippen molar-refractivity contribution in [3.05, 3.63) is 24.2 Å². The van der Waals surface area contributed by atoms with Crippen molar-refractivity contribution in [1.82, 2.24) is 14.6 Å². The van der Waals surface area contributed by atoms with Crippen LogP contribution in [0.25, 0.3) is 5.52 Å². The normalized spacial score (nSPS) is 19.6. The number of rotatable bonds is 3. The number of thioether (sulfide) groups is 1. The summed E-state index contributed by atoms with van der Waals surface area (Å²) < 4.78 is 1.93. The topological polar surface area (TPSA) is 42.2 Å². The van der Waals surface area contributed by atoms with Crippen LogP contribution in [0.3, 0.4) is 0 Å². The molecule has 1 aliphatic heterocycles. The van der Waals surface area contributed by atoms with Gasteiger partial charge in [-0.3, -0.25) is 0 Å². The number of nitrogens with zero attached hydrogens (tertiary/aromatic N) is 3. The molecule has 0 aromatic carbocycles. The van der Waals surface area contributed by atoms with E-state index in [1.807, 2.05) is 16.9 Å². The first kappa shape index (κ1) is 13.7. The third kappa shape index (κ3) is 2.77. The number of fused-ring (bicyclic) bond motifs is 1. The minimum Gasteiger partial charge on any atom is -0.368 e. The van der Waals surface area contributed by atoms with Gasteiger partial charge in [0.15, 0.2) is 5.82 Å². The maximum absolute atomic E-state index is 4.66. The zero-order chi connectivity index (χ0) is 14.2. The van der Waals surface area contributed by atoms with Gasteiger partial charge in [-0.2, -0.15) is 16.9 Å². The fourth-order valence-electron chi connectivity index (χ4n) is 2.41. The zero-order valence-corrected chi connectivity index (χ0v) is 13.2. The van der Waals surface area contributed by atoms with Crippen LogP contribution in [0.1, 0.15) is 32.9 Å². The van der Waals surface area contributed by atoms with Gasteiger partial charge >= 0.3 is 0 Å². The number of hydrogen-bond acceptors (Lipinski definition) is 4. The Balaban J connectivity index is 1.84. The molecule has 0 spiro atoms. The highest BCUT2D eigenvalue weighted by atomic mass is 32.2. The van der Waals surface area contributed by atoms with E-state index in [2.05, 4.69) is 54.0 Å². The van der Waals surface area contributed by atoms with E-state index in [1.54, 1.807) is 0 Å². The van der Waals surface area contributed by atoms with Crippen LogP contribution in [-0.4, -0.2) is 32.6 Å². The standard InChI is InChI=1S/C15H22N4S/c1-15(2,3)13-8-12-14(16-5-6-19(12)18-13)17-9-11-4-7-20-10-11/h5-6,8,11H,4,7,9-10H2,1-3H3,(H,16,17). The van der Waals surface area contributed by atoms with E-state index >= 15 is 0 Å². The van der Waals surface area contributed by atoms with E-state index < -0.39 is 0 Å². The molecule has 3 heterocycles. The van der Waals surface area contributed by atoms with Crippen LogP contribution >= 0.6 is 11.8 Å². The Morgan fingerprint density at radius 3 is 3.00 bits per heavy atom. The second-order valence-corrected chi connectivity index (χ2v) is 7.65. The Kier molecular flexibility index (Phi) is 3.63. The van der Waals surface area contributed by atoms with Crippen LogP contribution in [0.5, 0.6) is 0 Å². The maximum atomic E-state index is 4.66. The van der Waals surface area contributed by atoms with Gasteiger partial charge in [0.2, 0.25) is 0 Å². The summed E-state index contributed by atoms with van der Waals surface area (Å²) in [7, 11) is 0. The van der Waals surface area contributed by atoms with Gasteiger partial charge in [0.1, 0.15) is 5.52 Å². The van der Waals surface area contributed by atoms with E-state index in [4.69, 9.17) is 0 Å². The molecule has 1 saturated heterocycles. The molecule has 0 amide bonds. The molecule has 3 rings (SSSR count). The van der Waals surface area contributed by atoms with Gasteiger partial charge in [0.25, 0.3) is 0 Å². The SMILES string of the molecule is CC(C)(C)c1cc2c(NCC3CCSC3)nccn2n1. The first-order chi connectivity index (χ1) is 9.54. The van der Waals surface area contributed by atoms with Crippen molar-refractivity contribution in [3.63, 3.8) is 0 Å². The number of nitrogens with one attached hydrogen (secondary N) is 1. The molecular weight excluding hydrogens is 268 g/mol. The molecule has 0 bridgehead atoms. The van der Waals surface area contributed by atoms with E-state index in [0.29, 0.717) is 0 Å². The second-order valence-electron chi connectivity index (χ2n) is 6.50. The van der Waals surface area contributed by atoms with Gasteiger partial charge in [-0.05, 0) is 29.9 Å². The summed E-state index contributed by atoms with van der Waals surface area (Å²) in [5, 5.41) is 8.17. The largest absolute Gasteiger partial charge is 0.368 e. The van der Waals surface area contributed by atoms with E-state index in [9.17, 15) is 0 Å². The van der Waals surface area contributed by atoms with Crippen molar-refractivity contribution in [2.75, 3.05) is 23.4 Å². The molecule has 1 unspecified atom stereocenters. The van der Waals surface area contributed by atoms with Crippen LogP contribution in [0, 0.1) is 5.92 Å². The van der Waals surface area contributed by atoms with Crippen molar-refractivity contribution in [2.24, 2.45) is 5.92 Å². The first-order valence-electron chi connectivity index (χ1n) is 7.20. The Morgan fingerprint density at radius 2 is 2.30 bits per heavy atom. The summed E-state index contributed by atoms with van der Waals surface area (Å²) in [6.45, 7) is 7.57. The smallest absolute Gasteiger partial charge is 0.152 e. The summed E-state index contributed by atoms with van der Waals surface area (Å²) in [6.07, 6.45) is 5.05. The van der Waals surface area contributed by atoms with Crippen molar-refractivity contribution in [1.29, 1.82) is 0 Å². The molecule has 0 aliphatic carbocycles. The molecule has 1 fully saturated rings. The molecule has 2 aromatic rings. The molecule has 0 saturated carbocycles.